The maximum Gasteiger partial charge on any atom is 0.0947 e. The predicted octanol–water partition coefficient (Wildman–Crippen LogP) is 0.530. The Morgan fingerprint density at radius 3 is 2.67 bits per heavy atom. The molecule has 0 saturated carbocycles. The van der Waals surface area contributed by atoms with Crippen LogP contribution in [-0.4, -0.2) is 15.1 Å². The molecule has 1 rings (SSSR count). The van der Waals surface area contributed by atoms with Crippen molar-refractivity contribution in [2.75, 3.05) is 0 Å². The summed E-state index contributed by atoms with van der Waals surface area (Å²) in [7, 11) is 0. The highest BCUT2D eigenvalue weighted by atomic mass is 16.3. The van der Waals surface area contributed by atoms with Gasteiger partial charge in [-0.1, -0.05) is 0 Å². The SMILES string of the molecule is CC(O)c1cnccn1. The lowest BCUT2D eigenvalue weighted by molar-refractivity contribution is 0.194. The van der Waals surface area contributed by atoms with E-state index in [1.165, 1.54) is 0 Å². The van der Waals surface area contributed by atoms with Crippen LogP contribution in [0, 0.1) is 0 Å². The molecule has 0 bridgehead atoms. The third-order valence-corrected chi connectivity index (χ3v) is 1.01. The second-order valence-electron chi connectivity index (χ2n) is 1.81. The van der Waals surface area contributed by atoms with Crippen molar-refractivity contribution in [3.8, 4) is 0 Å². The molecule has 3 nitrogen and oxygen atoms in total. The number of aliphatic hydroxyl groups excluding tert-OH is 1. The minimum Gasteiger partial charge on any atom is -0.387 e. The van der Waals surface area contributed by atoms with Gasteiger partial charge in [0.05, 0.1) is 18.0 Å². The molecule has 1 aromatic heterocycles. The van der Waals surface area contributed by atoms with E-state index < -0.39 is 6.10 Å². The Morgan fingerprint density at radius 1 is 1.56 bits per heavy atom. The van der Waals surface area contributed by atoms with Gasteiger partial charge < -0.3 is 5.11 Å². The molecule has 1 atom stereocenters. The molecule has 1 aromatic rings. The molecule has 0 spiro atoms. The van der Waals surface area contributed by atoms with Crippen LogP contribution in [0.1, 0.15) is 18.7 Å². The molecule has 0 fully saturated rings. The Bertz CT molecular complexity index is 174. The summed E-state index contributed by atoms with van der Waals surface area (Å²) in [5, 5.41) is 8.92. The zero-order valence-electron chi connectivity index (χ0n) is 5.15. The van der Waals surface area contributed by atoms with Crippen LogP contribution in [-0.2, 0) is 0 Å². The number of nitrogens with zero attached hydrogens (tertiary/aromatic N) is 2. The van der Waals surface area contributed by atoms with Gasteiger partial charge in [0.15, 0.2) is 0 Å². The first kappa shape index (κ1) is 6.16. The largest absolute Gasteiger partial charge is 0.387 e. The van der Waals surface area contributed by atoms with Crippen molar-refractivity contribution >= 4 is 0 Å². The van der Waals surface area contributed by atoms with E-state index in [1.807, 2.05) is 0 Å². The normalized spacial score (nSPS) is 13.1. The minimum atomic E-state index is -0.515. The fraction of sp³-hybridized carbons (Fsp3) is 0.333. The molecule has 0 radical (unpaired) electrons. The van der Waals surface area contributed by atoms with Gasteiger partial charge in [-0.15, -0.1) is 0 Å². The summed E-state index contributed by atoms with van der Waals surface area (Å²) in [5.41, 5.74) is 0.609. The monoisotopic (exact) mass is 124 g/mol. The third-order valence-electron chi connectivity index (χ3n) is 1.01. The summed E-state index contributed by atoms with van der Waals surface area (Å²) in [5.74, 6) is 0. The molecule has 0 aliphatic rings. The van der Waals surface area contributed by atoms with Gasteiger partial charge in [0.25, 0.3) is 0 Å². The van der Waals surface area contributed by atoms with E-state index in [2.05, 4.69) is 9.97 Å². The third kappa shape index (κ3) is 1.47. The molecule has 0 amide bonds. The van der Waals surface area contributed by atoms with Gasteiger partial charge in [-0.05, 0) is 6.92 Å². The number of aromatic nitrogens is 2. The maximum absolute atomic E-state index is 8.92. The molecule has 0 aliphatic carbocycles. The average molecular weight is 124 g/mol. The number of rotatable bonds is 1. The summed E-state index contributed by atoms with van der Waals surface area (Å²) in [4.78, 5) is 7.65. The van der Waals surface area contributed by atoms with Crippen molar-refractivity contribution in [1.82, 2.24) is 9.97 Å². The molecule has 1 N–H and O–H groups in total. The predicted molar refractivity (Wildman–Crippen MR) is 32.7 cm³/mol. The highest BCUT2D eigenvalue weighted by molar-refractivity contribution is 4.96. The fourth-order valence-electron chi connectivity index (χ4n) is 0.526. The second kappa shape index (κ2) is 2.55. The van der Waals surface area contributed by atoms with Crippen molar-refractivity contribution in [3.63, 3.8) is 0 Å². The standard InChI is InChI=1S/C6H8N2O/c1-5(9)6-4-7-2-3-8-6/h2-5,9H,1H3. The second-order valence-corrected chi connectivity index (χ2v) is 1.81. The van der Waals surface area contributed by atoms with Gasteiger partial charge in [-0.2, -0.15) is 0 Å². The van der Waals surface area contributed by atoms with Gasteiger partial charge in [0, 0.05) is 12.4 Å². The number of hydrogen-bond donors (Lipinski definition) is 1. The topological polar surface area (TPSA) is 46.0 Å². The molecule has 9 heavy (non-hydrogen) atoms. The molecule has 0 aromatic carbocycles. The van der Waals surface area contributed by atoms with Crippen LogP contribution in [0.4, 0.5) is 0 Å². The Labute approximate surface area is 53.4 Å². The van der Waals surface area contributed by atoms with Crippen LogP contribution >= 0.6 is 0 Å². The van der Waals surface area contributed by atoms with Crippen LogP contribution in [0.15, 0.2) is 18.6 Å². The molecule has 1 heterocycles. The van der Waals surface area contributed by atoms with Gasteiger partial charge in [-0.25, -0.2) is 0 Å². The zero-order valence-corrected chi connectivity index (χ0v) is 5.15. The number of aliphatic hydroxyl groups is 1. The summed E-state index contributed by atoms with van der Waals surface area (Å²) in [6.07, 6.45) is 4.16. The summed E-state index contributed by atoms with van der Waals surface area (Å²) >= 11 is 0. The van der Waals surface area contributed by atoms with Gasteiger partial charge in [0.2, 0.25) is 0 Å². The summed E-state index contributed by atoms with van der Waals surface area (Å²) < 4.78 is 0. The highest BCUT2D eigenvalue weighted by Crippen LogP contribution is 2.03. The van der Waals surface area contributed by atoms with Crippen molar-refractivity contribution in [3.05, 3.63) is 24.3 Å². The molecule has 0 aliphatic heterocycles. The van der Waals surface area contributed by atoms with Crippen LogP contribution in [0.25, 0.3) is 0 Å². The van der Waals surface area contributed by atoms with Crippen molar-refractivity contribution in [2.24, 2.45) is 0 Å². The Morgan fingerprint density at radius 2 is 2.33 bits per heavy atom. The Kier molecular flexibility index (Phi) is 1.75. The van der Waals surface area contributed by atoms with Crippen molar-refractivity contribution < 1.29 is 5.11 Å². The average Bonchev–Trinajstić information content (AvgIpc) is 1.90. The van der Waals surface area contributed by atoms with Crippen LogP contribution in [0.5, 0.6) is 0 Å². The quantitative estimate of drug-likeness (QED) is 0.594. The first-order valence-electron chi connectivity index (χ1n) is 2.74. The molecule has 1 unspecified atom stereocenters. The van der Waals surface area contributed by atoms with E-state index in [9.17, 15) is 0 Å². The maximum atomic E-state index is 8.92. The van der Waals surface area contributed by atoms with Crippen LogP contribution in [0.3, 0.4) is 0 Å². The van der Waals surface area contributed by atoms with Gasteiger partial charge >= 0.3 is 0 Å². The van der Waals surface area contributed by atoms with E-state index >= 15 is 0 Å². The lowest BCUT2D eigenvalue weighted by Crippen LogP contribution is -1.94. The van der Waals surface area contributed by atoms with Crippen molar-refractivity contribution in [2.45, 2.75) is 13.0 Å². The van der Waals surface area contributed by atoms with E-state index in [0.29, 0.717) is 5.69 Å². The Hall–Kier alpha value is -0.960. The van der Waals surface area contributed by atoms with Crippen molar-refractivity contribution in [1.29, 1.82) is 0 Å². The van der Waals surface area contributed by atoms with E-state index in [1.54, 1.807) is 25.5 Å². The van der Waals surface area contributed by atoms with E-state index in [0.717, 1.165) is 0 Å². The number of hydrogen-bond acceptors (Lipinski definition) is 3. The molecular weight excluding hydrogens is 116 g/mol. The molecule has 3 heteroatoms. The summed E-state index contributed by atoms with van der Waals surface area (Å²) in [6, 6.07) is 0. The summed E-state index contributed by atoms with van der Waals surface area (Å²) in [6.45, 7) is 1.66. The Balaban J connectivity index is 2.85. The smallest absolute Gasteiger partial charge is 0.0947 e. The highest BCUT2D eigenvalue weighted by Gasteiger charge is 1.98. The molecular formula is C6H8N2O. The molecule has 0 saturated heterocycles. The van der Waals surface area contributed by atoms with Gasteiger partial charge in [-0.3, -0.25) is 9.97 Å². The lowest BCUT2D eigenvalue weighted by Gasteiger charge is -1.98. The molecule has 48 valence electrons. The zero-order chi connectivity index (χ0) is 6.69. The van der Waals surface area contributed by atoms with E-state index in [4.69, 9.17) is 5.11 Å². The first-order chi connectivity index (χ1) is 4.30. The van der Waals surface area contributed by atoms with Crippen LogP contribution < -0.4 is 0 Å². The minimum absolute atomic E-state index is 0.515. The van der Waals surface area contributed by atoms with Gasteiger partial charge in [0.1, 0.15) is 0 Å². The van der Waals surface area contributed by atoms with Crippen LogP contribution in [0.2, 0.25) is 0 Å². The lowest BCUT2D eigenvalue weighted by atomic mass is 10.3. The fourth-order valence-corrected chi connectivity index (χ4v) is 0.526. The van der Waals surface area contributed by atoms with E-state index in [-0.39, 0.29) is 0 Å². The first-order valence-corrected chi connectivity index (χ1v) is 2.74.